The van der Waals surface area contributed by atoms with Crippen LogP contribution in [0, 0.1) is 11.7 Å². The molecule has 0 aliphatic carbocycles. The number of rotatable bonds is 1. The zero-order valence-corrected chi connectivity index (χ0v) is 10.4. The van der Waals surface area contributed by atoms with Crippen molar-refractivity contribution >= 4 is 17.6 Å². The number of amides is 3. The summed E-state index contributed by atoms with van der Waals surface area (Å²) < 4.78 is 19.1. The second kappa shape index (κ2) is 4.31. The van der Waals surface area contributed by atoms with Gasteiger partial charge in [-0.3, -0.25) is 4.79 Å². The van der Waals surface area contributed by atoms with Crippen LogP contribution >= 0.6 is 0 Å². The number of carbonyl (C=O) groups excluding carboxylic acids is 2. The Morgan fingerprint density at radius 1 is 1.26 bits per heavy atom. The summed E-state index contributed by atoms with van der Waals surface area (Å²) in [5.74, 6) is -1.40. The number of fused-ring (bicyclic) bond motifs is 1. The first-order valence-electron chi connectivity index (χ1n) is 6.04. The molecule has 0 radical (unpaired) electrons. The summed E-state index contributed by atoms with van der Waals surface area (Å²) in [6.07, 6.45) is 0. The van der Waals surface area contributed by atoms with Crippen molar-refractivity contribution in [3.63, 3.8) is 0 Å². The first-order valence-corrected chi connectivity index (χ1v) is 6.04. The van der Waals surface area contributed by atoms with Crippen molar-refractivity contribution in [1.82, 2.24) is 4.90 Å². The first-order chi connectivity index (χ1) is 9.11. The maximum absolute atomic E-state index is 13.8. The van der Waals surface area contributed by atoms with Crippen LogP contribution in [-0.4, -0.2) is 43.1 Å². The normalized spacial score (nSPS) is 26.8. The van der Waals surface area contributed by atoms with Gasteiger partial charge < -0.3 is 9.64 Å². The molecule has 2 aliphatic heterocycles. The average Bonchev–Trinajstić information content (AvgIpc) is 2.88. The van der Waals surface area contributed by atoms with Crippen LogP contribution in [0.15, 0.2) is 24.3 Å². The van der Waals surface area contributed by atoms with Gasteiger partial charge in [0.1, 0.15) is 5.82 Å². The van der Waals surface area contributed by atoms with E-state index >= 15 is 0 Å². The van der Waals surface area contributed by atoms with Gasteiger partial charge in [-0.2, -0.15) is 0 Å². The molecule has 5 nitrogen and oxygen atoms in total. The van der Waals surface area contributed by atoms with Gasteiger partial charge >= 0.3 is 6.03 Å². The van der Waals surface area contributed by atoms with Gasteiger partial charge in [0.2, 0.25) is 5.91 Å². The van der Waals surface area contributed by atoms with E-state index in [1.54, 1.807) is 13.1 Å². The van der Waals surface area contributed by atoms with Crippen molar-refractivity contribution in [2.24, 2.45) is 5.92 Å². The fourth-order valence-corrected chi connectivity index (χ4v) is 2.58. The van der Waals surface area contributed by atoms with Gasteiger partial charge in [0, 0.05) is 7.05 Å². The third kappa shape index (κ3) is 1.71. The van der Waals surface area contributed by atoms with Crippen LogP contribution in [0.2, 0.25) is 0 Å². The summed E-state index contributed by atoms with van der Waals surface area (Å²) in [4.78, 5) is 26.9. The number of imide groups is 1. The SMILES string of the molecule is CN1C(=O)N(c2ccccc2F)C(=O)C2COCC21. The molecule has 1 aromatic rings. The number of urea groups is 1. The Morgan fingerprint density at radius 2 is 2.00 bits per heavy atom. The molecule has 2 aliphatic rings. The highest BCUT2D eigenvalue weighted by molar-refractivity contribution is 6.17. The molecule has 0 aromatic heterocycles. The lowest BCUT2D eigenvalue weighted by molar-refractivity contribution is -0.124. The number of halogens is 1. The van der Waals surface area contributed by atoms with E-state index in [-0.39, 0.29) is 18.3 Å². The number of benzene rings is 1. The van der Waals surface area contributed by atoms with Gasteiger partial charge in [-0.05, 0) is 12.1 Å². The fraction of sp³-hybridized carbons (Fsp3) is 0.385. The lowest BCUT2D eigenvalue weighted by Crippen LogP contribution is -2.60. The Bertz CT molecular complexity index is 548. The number of ether oxygens (including phenoxy) is 1. The topological polar surface area (TPSA) is 49.9 Å². The summed E-state index contributed by atoms with van der Waals surface area (Å²) in [6.45, 7) is 0.621. The van der Waals surface area contributed by atoms with Gasteiger partial charge in [0.15, 0.2) is 0 Å². The highest BCUT2D eigenvalue weighted by Gasteiger charge is 2.48. The molecule has 0 spiro atoms. The van der Waals surface area contributed by atoms with E-state index in [0.29, 0.717) is 6.61 Å². The summed E-state index contributed by atoms with van der Waals surface area (Å²) in [5.41, 5.74) is -0.00491. The van der Waals surface area contributed by atoms with E-state index in [1.165, 1.54) is 23.1 Å². The number of likely N-dealkylation sites (N-methyl/N-ethyl adjacent to an activating group) is 1. The Hall–Kier alpha value is -1.95. The van der Waals surface area contributed by atoms with E-state index in [0.717, 1.165) is 4.90 Å². The highest BCUT2D eigenvalue weighted by atomic mass is 19.1. The Kier molecular flexibility index (Phi) is 2.74. The third-order valence-electron chi connectivity index (χ3n) is 3.67. The van der Waals surface area contributed by atoms with E-state index in [9.17, 15) is 14.0 Å². The summed E-state index contributed by atoms with van der Waals surface area (Å²) in [7, 11) is 1.61. The summed E-state index contributed by atoms with van der Waals surface area (Å²) in [5, 5.41) is 0. The largest absolute Gasteiger partial charge is 0.378 e. The molecule has 2 saturated heterocycles. The molecule has 2 unspecified atom stereocenters. The Labute approximate surface area is 109 Å². The number of carbonyl (C=O) groups is 2. The molecule has 3 rings (SSSR count). The van der Waals surface area contributed by atoms with E-state index in [2.05, 4.69) is 0 Å². The Balaban J connectivity index is 2.03. The molecule has 3 amide bonds. The summed E-state index contributed by atoms with van der Waals surface area (Å²) in [6, 6.07) is 5.01. The predicted octanol–water partition coefficient (Wildman–Crippen LogP) is 1.24. The molecule has 0 N–H and O–H groups in total. The molecule has 2 heterocycles. The minimum atomic E-state index is -0.588. The van der Waals surface area contributed by atoms with Crippen LogP contribution in [0.5, 0.6) is 0 Å². The predicted molar refractivity (Wildman–Crippen MR) is 65.1 cm³/mol. The summed E-state index contributed by atoms with van der Waals surface area (Å²) >= 11 is 0. The molecule has 2 fully saturated rings. The molecular formula is C13H13FN2O3. The molecular weight excluding hydrogens is 251 g/mol. The maximum Gasteiger partial charge on any atom is 0.331 e. The molecule has 0 saturated carbocycles. The minimum Gasteiger partial charge on any atom is -0.378 e. The standard InChI is InChI=1S/C13H13FN2O3/c1-15-11-7-19-6-8(11)12(17)16(13(15)18)10-5-3-2-4-9(10)14/h2-5,8,11H,6-7H2,1H3. The van der Waals surface area contributed by atoms with Crippen LogP contribution in [0.4, 0.5) is 14.9 Å². The zero-order valence-electron chi connectivity index (χ0n) is 10.4. The van der Waals surface area contributed by atoms with Crippen LogP contribution < -0.4 is 4.90 Å². The van der Waals surface area contributed by atoms with Crippen molar-refractivity contribution in [2.45, 2.75) is 6.04 Å². The van der Waals surface area contributed by atoms with Crippen LogP contribution in [0.25, 0.3) is 0 Å². The lowest BCUT2D eigenvalue weighted by Gasteiger charge is -2.38. The van der Waals surface area contributed by atoms with E-state index in [1.807, 2.05) is 0 Å². The van der Waals surface area contributed by atoms with Crippen molar-refractivity contribution in [1.29, 1.82) is 0 Å². The van der Waals surface area contributed by atoms with Gasteiger partial charge in [-0.1, -0.05) is 12.1 Å². The quantitative estimate of drug-likeness (QED) is 0.766. The van der Waals surface area contributed by atoms with Crippen molar-refractivity contribution in [3.8, 4) is 0 Å². The number of hydrogen-bond acceptors (Lipinski definition) is 3. The zero-order chi connectivity index (χ0) is 13.6. The maximum atomic E-state index is 13.8. The third-order valence-corrected chi connectivity index (χ3v) is 3.67. The molecule has 6 heteroatoms. The number of hydrogen-bond donors (Lipinski definition) is 0. The number of nitrogens with zero attached hydrogens (tertiary/aromatic N) is 2. The molecule has 19 heavy (non-hydrogen) atoms. The van der Waals surface area contributed by atoms with E-state index in [4.69, 9.17) is 4.74 Å². The second-order valence-corrected chi connectivity index (χ2v) is 4.73. The van der Waals surface area contributed by atoms with Gasteiger partial charge in [0.25, 0.3) is 0 Å². The van der Waals surface area contributed by atoms with Gasteiger partial charge in [-0.15, -0.1) is 0 Å². The second-order valence-electron chi connectivity index (χ2n) is 4.73. The van der Waals surface area contributed by atoms with Crippen molar-refractivity contribution in [3.05, 3.63) is 30.1 Å². The minimum absolute atomic E-state index is 0.00491. The molecule has 100 valence electrons. The van der Waals surface area contributed by atoms with Crippen LogP contribution in [0.1, 0.15) is 0 Å². The molecule has 2 atom stereocenters. The molecule has 0 bridgehead atoms. The average molecular weight is 264 g/mol. The van der Waals surface area contributed by atoms with Gasteiger partial charge in [-0.25, -0.2) is 14.1 Å². The number of para-hydroxylation sites is 1. The first kappa shape index (κ1) is 12.1. The van der Waals surface area contributed by atoms with Crippen LogP contribution in [-0.2, 0) is 9.53 Å². The smallest absolute Gasteiger partial charge is 0.331 e. The van der Waals surface area contributed by atoms with E-state index < -0.39 is 23.7 Å². The highest BCUT2D eigenvalue weighted by Crippen LogP contribution is 2.31. The number of anilines is 1. The van der Waals surface area contributed by atoms with Gasteiger partial charge in [0.05, 0.1) is 30.9 Å². The van der Waals surface area contributed by atoms with Crippen molar-refractivity contribution in [2.75, 3.05) is 25.2 Å². The molecule has 1 aromatic carbocycles. The Morgan fingerprint density at radius 3 is 2.74 bits per heavy atom. The lowest BCUT2D eigenvalue weighted by atomic mass is 9.98. The van der Waals surface area contributed by atoms with Crippen molar-refractivity contribution < 1.29 is 18.7 Å². The monoisotopic (exact) mass is 264 g/mol. The van der Waals surface area contributed by atoms with Crippen LogP contribution in [0.3, 0.4) is 0 Å². The fourth-order valence-electron chi connectivity index (χ4n) is 2.58.